The average molecular weight is 240 g/mol. The molecule has 0 unspecified atom stereocenters. The van der Waals surface area contributed by atoms with Crippen molar-refractivity contribution >= 4 is 0 Å². The van der Waals surface area contributed by atoms with Gasteiger partial charge in [0, 0.05) is 19.6 Å². The molecule has 0 radical (unpaired) electrons. The lowest BCUT2D eigenvalue weighted by Gasteiger charge is -2.15. The summed E-state index contributed by atoms with van der Waals surface area (Å²) in [6.07, 6.45) is 0.819. The summed E-state index contributed by atoms with van der Waals surface area (Å²) in [6, 6.07) is 5.14. The molecule has 0 saturated heterocycles. The van der Waals surface area contributed by atoms with Crippen molar-refractivity contribution in [2.24, 2.45) is 5.73 Å². The summed E-state index contributed by atoms with van der Waals surface area (Å²) in [5.74, 6) is 0.0393. The van der Waals surface area contributed by atoms with Gasteiger partial charge in [-0.1, -0.05) is 6.07 Å². The molecule has 96 valence electrons. The Morgan fingerprint density at radius 2 is 2.12 bits per heavy atom. The third kappa shape index (κ3) is 4.71. The van der Waals surface area contributed by atoms with Gasteiger partial charge in [-0.05, 0) is 38.1 Å². The van der Waals surface area contributed by atoms with Crippen LogP contribution >= 0.6 is 0 Å². The smallest absolute Gasteiger partial charge is 0.165 e. The molecule has 4 heteroatoms. The summed E-state index contributed by atoms with van der Waals surface area (Å²) >= 11 is 0. The van der Waals surface area contributed by atoms with Gasteiger partial charge >= 0.3 is 0 Å². The molecular weight excluding hydrogens is 219 g/mol. The van der Waals surface area contributed by atoms with Gasteiger partial charge in [0.1, 0.15) is 0 Å². The highest BCUT2D eigenvalue weighted by atomic mass is 19.1. The lowest BCUT2D eigenvalue weighted by atomic mass is 10.1. The van der Waals surface area contributed by atoms with Crippen molar-refractivity contribution in [1.82, 2.24) is 4.90 Å². The standard InChI is InChI=1S/C13H21FN2O/c1-3-17-13-5-4-11(10-12(13)14)6-8-16(2)9-7-15/h4-5,10H,3,6-9,15H2,1-2H3. The first-order valence-electron chi connectivity index (χ1n) is 5.97. The molecule has 0 spiro atoms. The van der Waals surface area contributed by atoms with Crippen molar-refractivity contribution in [3.8, 4) is 5.75 Å². The van der Waals surface area contributed by atoms with Crippen molar-refractivity contribution in [2.75, 3.05) is 33.3 Å². The minimum atomic E-state index is -0.286. The van der Waals surface area contributed by atoms with Gasteiger partial charge in [0.25, 0.3) is 0 Å². The molecule has 0 bridgehead atoms. The van der Waals surface area contributed by atoms with Gasteiger partial charge < -0.3 is 15.4 Å². The maximum atomic E-state index is 13.6. The van der Waals surface area contributed by atoms with Gasteiger partial charge in [0.2, 0.25) is 0 Å². The fourth-order valence-corrected chi connectivity index (χ4v) is 1.62. The summed E-state index contributed by atoms with van der Waals surface area (Å²) in [7, 11) is 2.01. The van der Waals surface area contributed by atoms with Crippen LogP contribution in [-0.4, -0.2) is 38.2 Å². The van der Waals surface area contributed by atoms with E-state index in [1.807, 2.05) is 20.0 Å². The number of likely N-dealkylation sites (N-methyl/N-ethyl adjacent to an activating group) is 1. The van der Waals surface area contributed by atoms with Crippen LogP contribution in [0.3, 0.4) is 0 Å². The van der Waals surface area contributed by atoms with Gasteiger partial charge in [-0.2, -0.15) is 0 Å². The van der Waals surface area contributed by atoms with Crippen LogP contribution in [0, 0.1) is 5.82 Å². The summed E-state index contributed by atoms with van der Waals surface area (Å²) in [5, 5.41) is 0. The molecule has 1 aromatic rings. The Morgan fingerprint density at radius 1 is 1.35 bits per heavy atom. The quantitative estimate of drug-likeness (QED) is 0.787. The Morgan fingerprint density at radius 3 is 2.71 bits per heavy atom. The van der Waals surface area contributed by atoms with Crippen LogP contribution in [-0.2, 0) is 6.42 Å². The number of hydrogen-bond acceptors (Lipinski definition) is 3. The lowest BCUT2D eigenvalue weighted by Crippen LogP contribution is -2.27. The summed E-state index contributed by atoms with van der Waals surface area (Å²) in [4.78, 5) is 2.13. The maximum absolute atomic E-state index is 13.6. The molecule has 0 amide bonds. The van der Waals surface area contributed by atoms with E-state index in [0.717, 1.165) is 25.1 Å². The predicted molar refractivity (Wildman–Crippen MR) is 67.8 cm³/mol. The van der Waals surface area contributed by atoms with E-state index in [0.29, 0.717) is 18.9 Å². The molecule has 0 saturated carbocycles. The van der Waals surface area contributed by atoms with E-state index in [2.05, 4.69) is 4.90 Å². The molecule has 0 aromatic heterocycles. The Hall–Kier alpha value is -1.13. The van der Waals surface area contributed by atoms with Gasteiger partial charge in [-0.15, -0.1) is 0 Å². The normalized spacial score (nSPS) is 10.9. The van der Waals surface area contributed by atoms with E-state index in [1.54, 1.807) is 12.1 Å². The molecule has 0 aliphatic rings. The van der Waals surface area contributed by atoms with Gasteiger partial charge in [0.15, 0.2) is 11.6 Å². The van der Waals surface area contributed by atoms with Crippen LogP contribution in [0.15, 0.2) is 18.2 Å². The minimum absolute atomic E-state index is 0.286. The topological polar surface area (TPSA) is 38.5 Å². The first-order chi connectivity index (χ1) is 8.17. The second-order valence-corrected chi connectivity index (χ2v) is 4.04. The highest BCUT2D eigenvalue weighted by Crippen LogP contribution is 2.18. The number of benzene rings is 1. The summed E-state index contributed by atoms with van der Waals surface area (Å²) in [6.45, 7) is 4.71. The number of ether oxygens (including phenoxy) is 1. The van der Waals surface area contributed by atoms with Gasteiger partial charge in [-0.3, -0.25) is 0 Å². The number of hydrogen-bond donors (Lipinski definition) is 1. The SMILES string of the molecule is CCOc1ccc(CCN(C)CCN)cc1F. The zero-order valence-electron chi connectivity index (χ0n) is 10.6. The largest absolute Gasteiger partial charge is 0.491 e. The zero-order valence-corrected chi connectivity index (χ0v) is 10.6. The van der Waals surface area contributed by atoms with Crippen LogP contribution in [0.5, 0.6) is 5.75 Å². The Balaban J connectivity index is 2.52. The van der Waals surface area contributed by atoms with Crippen LogP contribution in [0.2, 0.25) is 0 Å². The van der Waals surface area contributed by atoms with Crippen molar-refractivity contribution in [1.29, 1.82) is 0 Å². The molecular formula is C13H21FN2O. The van der Waals surface area contributed by atoms with Crippen LogP contribution in [0.4, 0.5) is 4.39 Å². The lowest BCUT2D eigenvalue weighted by molar-refractivity contribution is 0.320. The predicted octanol–water partition coefficient (Wildman–Crippen LogP) is 1.66. The highest BCUT2D eigenvalue weighted by Gasteiger charge is 2.05. The number of halogens is 1. The first-order valence-corrected chi connectivity index (χ1v) is 5.97. The second-order valence-electron chi connectivity index (χ2n) is 4.04. The molecule has 0 atom stereocenters. The van der Waals surface area contributed by atoms with E-state index < -0.39 is 0 Å². The average Bonchev–Trinajstić information content (AvgIpc) is 2.30. The Bertz CT molecular complexity index is 344. The summed E-state index contributed by atoms with van der Waals surface area (Å²) < 4.78 is 18.7. The van der Waals surface area contributed by atoms with E-state index in [-0.39, 0.29) is 5.82 Å². The zero-order chi connectivity index (χ0) is 12.7. The van der Waals surface area contributed by atoms with Crippen LogP contribution in [0.1, 0.15) is 12.5 Å². The maximum Gasteiger partial charge on any atom is 0.165 e. The van der Waals surface area contributed by atoms with E-state index in [9.17, 15) is 4.39 Å². The van der Waals surface area contributed by atoms with Crippen molar-refractivity contribution in [3.63, 3.8) is 0 Å². The molecule has 17 heavy (non-hydrogen) atoms. The number of nitrogens with two attached hydrogens (primary N) is 1. The molecule has 0 aliphatic heterocycles. The van der Waals surface area contributed by atoms with Crippen LogP contribution in [0.25, 0.3) is 0 Å². The molecule has 1 rings (SSSR count). The monoisotopic (exact) mass is 240 g/mol. The van der Waals surface area contributed by atoms with Crippen LogP contribution < -0.4 is 10.5 Å². The molecule has 3 nitrogen and oxygen atoms in total. The van der Waals surface area contributed by atoms with E-state index >= 15 is 0 Å². The van der Waals surface area contributed by atoms with E-state index in [1.165, 1.54) is 0 Å². The molecule has 2 N–H and O–H groups in total. The van der Waals surface area contributed by atoms with E-state index in [4.69, 9.17) is 10.5 Å². The molecule has 0 heterocycles. The Labute approximate surface area is 102 Å². The van der Waals surface area contributed by atoms with Crippen molar-refractivity contribution in [2.45, 2.75) is 13.3 Å². The fourth-order valence-electron chi connectivity index (χ4n) is 1.62. The number of nitrogens with zero attached hydrogens (tertiary/aromatic N) is 1. The molecule has 1 aromatic carbocycles. The fraction of sp³-hybridized carbons (Fsp3) is 0.538. The van der Waals surface area contributed by atoms with Crippen molar-refractivity contribution < 1.29 is 9.13 Å². The third-order valence-corrected chi connectivity index (χ3v) is 2.59. The third-order valence-electron chi connectivity index (χ3n) is 2.59. The summed E-state index contributed by atoms with van der Waals surface area (Å²) in [5.41, 5.74) is 6.44. The van der Waals surface area contributed by atoms with Gasteiger partial charge in [0.05, 0.1) is 6.61 Å². The van der Waals surface area contributed by atoms with Gasteiger partial charge in [-0.25, -0.2) is 4.39 Å². The molecule has 0 aliphatic carbocycles. The van der Waals surface area contributed by atoms with Crippen molar-refractivity contribution in [3.05, 3.63) is 29.6 Å². The molecule has 0 fully saturated rings. The minimum Gasteiger partial charge on any atom is -0.491 e. The highest BCUT2D eigenvalue weighted by molar-refractivity contribution is 5.29. The Kier molecular flexibility index (Phi) is 5.94. The first kappa shape index (κ1) is 13.9. The second kappa shape index (κ2) is 7.25. The number of rotatable bonds is 7.